The number of nitrogens with two attached hydrogens (primary N) is 1. The van der Waals surface area contributed by atoms with Gasteiger partial charge < -0.3 is 25.4 Å². The number of hydrogen-bond acceptors (Lipinski definition) is 5. The Hall–Kier alpha value is -2.25. The topological polar surface area (TPSA) is 136 Å². The molecule has 14 heavy (non-hydrogen) atoms. The Morgan fingerprint density at radius 1 is 1.29 bits per heavy atom. The Kier molecular flexibility index (Phi) is 4.54. The van der Waals surface area contributed by atoms with Gasteiger partial charge in [0.1, 0.15) is 6.26 Å². The fraction of sp³-hybridized carbons (Fsp3) is 0.167. The molecule has 0 aromatic carbocycles. The number of rotatable bonds is 1. The van der Waals surface area contributed by atoms with Crippen molar-refractivity contribution in [3.05, 3.63) is 12.0 Å². The zero-order valence-corrected chi connectivity index (χ0v) is 6.80. The van der Waals surface area contributed by atoms with E-state index in [1.165, 1.54) is 6.26 Å². The van der Waals surface area contributed by atoms with E-state index in [-0.39, 0.29) is 12.6 Å². The Bertz CT molecular complexity index is 270. The van der Waals surface area contributed by atoms with E-state index in [0.717, 1.165) is 0 Å². The molecular formula is C6H7NO7. The van der Waals surface area contributed by atoms with Crippen LogP contribution in [-0.4, -0.2) is 34.9 Å². The number of carbonyl (C=O) groups excluding carboxylic acids is 1. The van der Waals surface area contributed by atoms with Gasteiger partial charge in [0.2, 0.25) is 12.6 Å². The average molecular weight is 205 g/mol. The number of hydrogen-bond donors (Lipinski definition) is 3. The molecule has 0 aromatic heterocycles. The number of carbonyl (C=O) groups is 3. The highest BCUT2D eigenvalue weighted by Gasteiger charge is 2.10. The second kappa shape index (κ2) is 5.41. The molecule has 0 unspecified atom stereocenters. The molecule has 0 bridgehead atoms. The van der Waals surface area contributed by atoms with E-state index < -0.39 is 17.8 Å². The van der Waals surface area contributed by atoms with Crippen molar-refractivity contribution in [1.82, 2.24) is 0 Å². The molecular weight excluding hydrogens is 198 g/mol. The molecule has 0 radical (unpaired) electrons. The third-order valence-corrected chi connectivity index (χ3v) is 0.899. The number of carboxylic acid groups (broad SMARTS) is 2. The molecule has 8 heteroatoms. The maximum absolute atomic E-state index is 10.2. The summed E-state index contributed by atoms with van der Waals surface area (Å²) in [7, 11) is 0. The third-order valence-electron chi connectivity index (χ3n) is 0.899. The van der Waals surface area contributed by atoms with Crippen LogP contribution in [0, 0.1) is 0 Å². The van der Waals surface area contributed by atoms with Crippen LogP contribution < -0.4 is 5.73 Å². The number of primary amides is 1. The normalized spacial score (nSPS) is 12.4. The molecule has 0 aromatic rings. The van der Waals surface area contributed by atoms with E-state index in [9.17, 15) is 4.79 Å². The number of amides is 1. The number of carboxylic acids is 2. The maximum Gasteiger partial charge on any atom is 0.414 e. The van der Waals surface area contributed by atoms with Crippen molar-refractivity contribution >= 4 is 17.8 Å². The molecule has 4 N–H and O–H groups in total. The molecule has 0 saturated heterocycles. The Balaban J connectivity index is 0.000000255. The van der Waals surface area contributed by atoms with Gasteiger partial charge in [-0.05, 0) is 0 Å². The lowest BCUT2D eigenvalue weighted by Gasteiger charge is -1.90. The van der Waals surface area contributed by atoms with Crippen molar-refractivity contribution in [3.8, 4) is 0 Å². The predicted molar refractivity (Wildman–Crippen MR) is 39.6 cm³/mol. The Labute approximate surface area is 77.5 Å². The molecule has 78 valence electrons. The Morgan fingerprint density at radius 3 is 1.93 bits per heavy atom. The van der Waals surface area contributed by atoms with Crippen LogP contribution in [0.15, 0.2) is 12.0 Å². The van der Waals surface area contributed by atoms with Crippen molar-refractivity contribution in [3.63, 3.8) is 0 Å². The summed E-state index contributed by atoms with van der Waals surface area (Å²) in [5.41, 5.74) is 4.79. The molecule has 1 aliphatic heterocycles. The fourth-order valence-corrected chi connectivity index (χ4v) is 0.370. The van der Waals surface area contributed by atoms with Crippen LogP contribution in [0.1, 0.15) is 0 Å². The minimum Gasteiger partial charge on any atom is -0.473 e. The van der Waals surface area contributed by atoms with E-state index in [1.54, 1.807) is 0 Å². The number of aliphatic carboxylic acids is 2. The van der Waals surface area contributed by atoms with Gasteiger partial charge in [-0.1, -0.05) is 0 Å². The van der Waals surface area contributed by atoms with Crippen molar-refractivity contribution in [2.45, 2.75) is 0 Å². The quantitative estimate of drug-likeness (QED) is 0.442. The van der Waals surface area contributed by atoms with Gasteiger partial charge in [-0.15, -0.1) is 0 Å². The van der Waals surface area contributed by atoms with Gasteiger partial charge in [0.05, 0.1) is 0 Å². The summed E-state index contributed by atoms with van der Waals surface area (Å²) in [6.07, 6.45) is 1.20. The second-order valence-corrected chi connectivity index (χ2v) is 1.89. The summed E-state index contributed by atoms with van der Waals surface area (Å²) in [4.78, 5) is 28.3. The lowest BCUT2D eigenvalue weighted by Crippen LogP contribution is -2.13. The molecule has 0 spiro atoms. The third kappa shape index (κ3) is 4.59. The second-order valence-electron chi connectivity index (χ2n) is 1.89. The highest BCUT2D eigenvalue weighted by molar-refractivity contribution is 6.27. The summed E-state index contributed by atoms with van der Waals surface area (Å²) >= 11 is 0. The predicted octanol–water partition coefficient (Wildman–Crippen LogP) is -1.53. The molecule has 0 fully saturated rings. The van der Waals surface area contributed by atoms with E-state index in [2.05, 4.69) is 9.47 Å². The first-order valence-corrected chi connectivity index (χ1v) is 3.15. The fourth-order valence-electron chi connectivity index (χ4n) is 0.370. The molecule has 1 heterocycles. The van der Waals surface area contributed by atoms with Crippen molar-refractivity contribution in [1.29, 1.82) is 0 Å². The molecule has 1 rings (SSSR count). The lowest BCUT2D eigenvalue weighted by atomic mass is 10.5. The minimum absolute atomic E-state index is 0.0880. The van der Waals surface area contributed by atoms with Gasteiger partial charge in [-0.2, -0.15) is 0 Å². The van der Waals surface area contributed by atoms with Crippen molar-refractivity contribution < 1.29 is 34.1 Å². The molecule has 0 aliphatic carbocycles. The first-order valence-electron chi connectivity index (χ1n) is 3.15. The monoisotopic (exact) mass is 205 g/mol. The number of ether oxygens (including phenoxy) is 2. The first-order chi connectivity index (χ1) is 6.45. The van der Waals surface area contributed by atoms with Crippen LogP contribution in [0.3, 0.4) is 0 Å². The van der Waals surface area contributed by atoms with Gasteiger partial charge in [0.15, 0.2) is 0 Å². The molecule has 1 amide bonds. The summed E-state index contributed by atoms with van der Waals surface area (Å²) < 4.78 is 9.11. The van der Waals surface area contributed by atoms with E-state index in [4.69, 9.17) is 25.5 Å². The van der Waals surface area contributed by atoms with Crippen molar-refractivity contribution in [2.24, 2.45) is 5.73 Å². The molecule has 8 nitrogen and oxygen atoms in total. The summed E-state index contributed by atoms with van der Waals surface area (Å²) in [6.45, 7) is 0.0955. The smallest absolute Gasteiger partial charge is 0.414 e. The molecule has 1 aliphatic rings. The van der Waals surface area contributed by atoms with Crippen LogP contribution in [0.4, 0.5) is 0 Å². The van der Waals surface area contributed by atoms with Crippen LogP contribution >= 0.6 is 0 Å². The highest BCUT2D eigenvalue weighted by Crippen LogP contribution is 2.03. The SMILES string of the molecule is NC(=O)C1=COCO1.O=C(O)C(=O)O. The standard InChI is InChI=1S/C4H5NO3.C2H2O4/c5-4(6)3-1-7-2-8-3;3-1(4)2(5)6/h1H,2H2,(H2,5,6);(H,3,4)(H,5,6). The maximum atomic E-state index is 10.2. The van der Waals surface area contributed by atoms with Crippen LogP contribution in [-0.2, 0) is 23.9 Å². The van der Waals surface area contributed by atoms with E-state index in [1.807, 2.05) is 0 Å². The van der Waals surface area contributed by atoms with E-state index >= 15 is 0 Å². The zero-order chi connectivity index (χ0) is 11.1. The van der Waals surface area contributed by atoms with Crippen LogP contribution in [0.2, 0.25) is 0 Å². The molecule has 0 saturated carbocycles. The largest absolute Gasteiger partial charge is 0.473 e. The molecule has 0 atom stereocenters. The summed E-state index contributed by atoms with van der Waals surface area (Å²) in [5, 5.41) is 14.8. The lowest BCUT2D eigenvalue weighted by molar-refractivity contribution is -0.159. The van der Waals surface area contributed by atoms with Gasteiger partial charge in [-0.25, -0.2) is 9.59 Å². The Morgan fingerprint density at radius 2 is 1.79 bits per heavy atom. The first kappa shape index (κ1) is 11.8. The summed E-state index contributed by atoms with van der Waals surface area (Å²) in [6, 6.07) is 0. The average Bonchev–Trinajstić information content (AvgIpc) is 2.56. The van der Waals surface area contributed by atoms with Crippen LogP contribution in [0.5, 0.6) is 0 Å². The van der Waals surface area contributed by atoms with Gasteiger partial charge in [0.25, 0.3) is 5.91 Å². The van der Waals surface area contributed by atoms with Gasteiger partial charge in [0, 0.05) is 0 Å². The highest BCUT2D eigenvalue weighted by atomic mass is 16.7. The van der Waals surface area contributed by atoms with Gasteiger partial charge >= 0.3 is 11.9 Å². The van der Waals surface area contributed by atoms with E-state index in [0.29, 0.717) is 0 Å². The van der Waals surface area contributed by atoms with Crippen molar-refractivity contribution in [2.75, 3.05) is 6.79 Å². The van der Waals surface area contributed by atoms with Crippen LogP contribution in [0.25, 0.3) is 0 Å². The summed E-state index contributed by atoms with van der Waals surface area (Å²) in [5.74, 6) is -4.16. The zero-order valence-electron chi connectivity index (χ0n) is 6.80. The van der Waals surface area contributed by atoms with Gasteiger partial charge in [-0.3, -0.25) is 4.79 Å². The minimum atomic E-state index is -1.82.